The summed E-state index contributed by atoms with van der Waals surface area (Å²) >= 11 is 0. The molecule has 2 nitrogen and oxygen atoms in total. The summed E-state index contributed by atoms with van der Waals surface area (Å²) in [5, 5.41) is 6.71. The number of nitrogens with one attached hydrogen (secondary N) is 2. The van der Waals surface area contributed by atoms with E-state index in [0.29, 0.717) is 18.2 Å². The Balaban J connectivity index is 2.39. The van der Waals surface area contributed by atoms with Gasteiger partial charge in [-0.15, -0.1) is 0 Å². The van der Waals surface area contributed by atoms with Gasteiger partial charge in [0.15, 0.2) is 0 Å². The molecule has 2 atom stereocenters. The highest BCUT2D eigenvalue weighted by molar-refractivity contribution is 4.84. The summed E-state index contributed by atoms with van der Waals surface area (Å²) in [6.07, 6.45) is 0.500. The third-order valence-electron chi connectivity index (χ3n) is 1.78. The molecule has 0 amide bonds. The molecule has 1 heterocycles. The average molecular weight is 114 g/mol. The van der Waals surface area contributed by atoms with Crippen molar-refractivity contribution < 1.29 is 0 Å². The van der Waals surface area contributed by atoms with Crippen molar-refractivity contribution in [2.45, 2.75) is 39.0 Å². The van der Waals surface area contributed by atoms with Gasteiger partial charge >= 0.3 is 0 Å². The molecule has 2 unspecified atom stereocenters. The first-order valence-electron chi connectivity index (χ1n) is 3.22. The van der Waals surface area contributed by atoms with Gasteiger partial charge in [0.25, 0.3) is 0 Å². The molecular weight excluding hydrogens is 100 g/mol. The van der Waals surface area contributed by atoms with Gasteiger partial charge in [-0.1, -0.05) is 0 Å². The standard InChI is InChI=1S/C6H14N2/c1-4-5(2)8-6(3)7-4/h4-8H,1-3H3. The van der Waals surface area contributed by atoms with Crippen LogP contribution in [0.3, 0.4) is 0 Å². The predicted molar refractivity (Wildman–Crippen MR) is 34.7 cm³/mol. The maximum atomic E-state index is 3.36. The molecule has 48 valence electrons. The molecule has 0 bridgehead atoms. The molecule has 2 heteroatoms. The lowest BCUT2D eigenvalue weighted by molar-refractivity contribution is 0.575. The van der Waals surface area contributed by atoms with E-state index in [1.807, 2.05) is 0 Å². The molecule has 0 aliphatic carbocycles. The van der Waals surface area contributed by atoms with E-state index in [0.717, 1.165) is 0 Å². The Labute approximate surface area is 50.7 Å². The van der Waals surface area contributed by atoms with Crippen molar-refractivity contribution in [1.82, 2.24) is 10.6 Å². The van der Waals surface area contributed by atoms with Crippen molar-refractivity contribution >= 4 is 0 Å². The van der Waals surface area contributed by atoms with Gasteiger partial charge in [0.1, 0.15) is 0 Å². The average Bonchev–Trinajstić information content (AvgIpc) is 1.85. The topological polar surface area (TPSA) is 24.1 Å². The van der Waals surface area contributed by atoms with Crippen LogP contribution in [-0.2, 0) is 0 Å². The molecule has 8 heavy (non-hydrogen) atoms. The van der Waals surface area contributed by atoms with Gasteiger partial charge in [0, 0.05) is 12.1 Å². The Bertz CT molecular complexity index is 72.6. The zero-order valence-corrected chi connectivity index (χ0v) is 5.73. The number of rotatable bonds is 0. The van der Waals surface area contributed by atoms with Crippen molar-refractivity contribution in [1.29, 1.82) is 0 Å². The van der Waals surface area contributed by atoms with Crippen molar-refractivity contribution in [2.75, 3.05) is 0 Å². The lowest BCUT2D eigenvalue weighted by atomic mass is 10.2. The minimum atomic E-state index is 0.500. The van der Waals surface area contributed by atoms with E-state index in [2.05, 4.69) is 31.4 Å². The first-order valence-corrected chi connectivity index (χ1v) is 3.22. The van der Waals surface area contributed by atoms with E-state index in [4.69, 9.17) is 0 Å². The van der Waals surface area contributed by atoms with Crippen LogP contribution in [0, 0.1) is 0 Å². The van der Waals surface area contributed by atoms with Crippen LogP contribution in [0.5, 0.6) is 0 Å². The number of hydrogen-bond donors (Lipinski definition) is 2. The van der Waals surface area contributed by atoms with Gasteiger partial charge in [0.2, 0.25) is 0 Å². The highest BCUT2D eigenvalue weighted by Crippen LogP contribution is 2.00. The van der Waals surface area contributed by atoms with Gasteiger partial charge < -0.3 is 0 Å². The first-order chi connectivity index (χ1) is 3.70. The SMILES string of the molecule is CC1NC(C)C(C)N1. The second-order valence-corrected chi connectivity index (χ2v) is 2.63. The van der Waals surface area contributed by atoms with Crippen LogP contribution in [0.2, 0.25) is 0 Å². The van der Waals surface area contributed by atoms with E-state index in [1.165, 1.54) is 0 Å². The molecule has 0 saturated carbocycles. The van der Waals surface area contributed by atoms with E-state index >= 15 is 0 Å². The quantitative estimate of drug-likeness (QED) is 0.473. The van der Waals surface area contributed by atoms with E-state index in [-0.39, 0.29) is 0 Å². The lowest BCUT2D eigenvalue weighted by Gasteiger charge is -2.05. The summed E-state index contributed by atoms with van der Waals surface area (Å²) in [6.45, 7) is 6.53. The Morgan fingerprint density at radius 1 is 0.875 bits per heavy atom. The van der Waals surface area contributed by atoms with E-state index in [1.54, 1.807) is 0 Å². The van der Waals surface area contributed by atoms with Crippen LogP contribution in [0.15, 0.2) is 0 Å². The largest absolute Gasteiger partial charge is 0.298 e. The molecule has 1 fully saturated rings. The van der Waals surface area contributed by atoms with Gasteiger partial charge in [-0.25, -0.2) is 0 Å². The third kappa shape index (κ3) is 1.01. The Kier molecular flexibility index (Phi) is 1.54. The third-order valence-corrected chi connectivity index (χ3v) is 1.78. The molecule has 1 aliphatic heterocycles. The fourth-order valence-electron chi connectivity index (χ4n) is 1.13. The van der Waals surface area contributed by atoms with Crippen LogP contribution in [-0.4, -0.2) is 18.2 Å². The van der Waals surface area contributed by atoms with Crippen molar-refractivity contribution in [3.63, 3.8) is 0 Å². The first kappa shape index (κ1) is 6.05. The van der Waals surface area contributed by atoms with Crippen molar-refractivity contribution in [3.05, 3.63) is 0 Å². The summed E-state index contributed by atoms with van der Waals surface area (Å²) in [5.41, 5.74) is 0. The minimum absolute atomic E-state index is 0.500. The van der Waals surface area contributed by atoms with Crippen LogP contribution < -0.4 is 10.6 Å². The highest BCUT2D eigenvalue weighted by Gasteiger charge is 2.21. The molecule has 0 spiro atoms. The zero-order chi connectivity index (χ0) is 6.15. The molecule has 0 aromatic carbocycles. The Morgan fingerprint density at radius 3 is 1.38 bits per heavy atom. The maximum absolute atomic E-state index is 3.36. The maximum Gasteiger partial charge on any atom is 0.0547 e. The Morgan fingerprint density at radius 2 is 1.25 bits per heavy atom. The second-order valence-electron chi connectivity index (χ2n) is 2.63. The van der Waals surface area contributed by atoms with Gasteiger partial charge in [0.05, 0.1) is 6.17 Å². The van der Waals surface area contributed by atoms with Crippen LogP contribution in [0.4, 0.5) is 0 Å². The molecule has 1 rings (SSSR count). The second kappa shape index (κ2) is 2.03. The smallest absolute Gasteiger partial charge is 0.0547 e. The highest BCUT2D eigenvalue weighted by atomic mass is 15.2. The van der Waals surface area contributed by atoms with Crippen molar-refractivity contribution in [3.8, 4) is 0 Å². The van der Waals surface area contributed by atoms with Gasteiger partial charge in [-0.2, -0.15) is 0 Å². The van der Waals surface area contributed by atoms with Crippen molar-refractivity contribution in [2.24, 2.45) is 0 Å². The predicted octanol–water partition coefficient (Wildman–Crippen LogP) is 0.302. The fourth-order valence-corrected chi connectivity index (χ4v) is 1.13. The van der Waals surface area contributed by atoms with E-state index < -0.39 is 0 Å². The lowest BCUT2D eigenvalue weighted by Crippen LogP contribution is -2.28. The molecule has 0 radical (unpaired) electrons. The Hall–Kier alpha value is -0.0800. The summed E-state index contributed by atoms with van der Waals surface area (Å²) in [4.78, 5) is 0. The molecule has 0 aromatic rings. The van der Waals surface area contributed by atoms with E-state index in [9.17, 15) is 0 Å². The molecule has 0 aromatic heterocycles. The minimum Gasteiger partial charge on any atom is -0.298 e. The summed E-state index contributed by atoms with van der Waals surface area (Å²) in [6, 6.07) is 1.26. The molecule has 2 N–H and O–H groups in total. The van der Waals surface area contributed by atoms with Crippen LogP contribution in [0.1, 0.15) is 20.8 Å². The normalized spacial score (nSPS) is 47.6. The summed E-state index contributed by atoms with van der Waals surface area (Å²) in [7, 11) is 0. The fraction of sp³-hybridized carbons (Fsp3) is 1.00. The van der Waals surface area contributed by atoms with Gasteiger partial charge in [-0.3, -0.25) is 10.6 Å². The molecule has 1 saturated heterocycles. The molecular formula is C6H14N2. The summed E-state index contributed by atoms with van der Waals surface area (Å²) < 4.78 is 0. The van der Waals surface area contributed by atoms with Crippen LogP contribution >= 0.6 is 0 Å². The van der Waals surface area contributed by atoms with Crippen LogP contribution in [0.25, 0.3) is 0 Å². The zero-order valence-electron chi connectivity index (χ0n) is 5.73. The monoisotopic (exact) mass is 114 g/mol. The number of hydrogen-bond acceptors (Lipinski definition) is 2. The summed E-state index contributed by atoms with van der Waals surface area (Å²) in [5.74, 6) is 0. The molecule has 1 aliphatic rings. The van der Waals surface area contributed by atoms with Gasteiger partial charge in [-0.05, 0) is 20.8 Å².